The lowest BCUT2D eigenvalue weighted by atomic mass is 9.90. The van der Waals surface area contributed by atoms with Crippen LogP contribution in [0.2, 0.25) is 0 Å². The van der Waals surface area contributed by atoms with E-state index in [9.17, 15) is 0 Å². The Morgan fingerprint density at radius 2 is 1.79 bits per heavy atom. The second-order valence-electron chi connectivity index (χ2n) is 4.87. The molecule has 1 nitrogen and oxygen atoms in total. The molecule has 0 saturated carbocycles. The standard InChI is InChI=1S/C12H23OP/c13-8-2-1-7-12-11-5-3-9-14(12)10-4-6-11/h11-13H,1-10H2. The monoisotopic (exact) mass is 214 g/mol. The molecule has 82 valence electrons. The topological polar surface area (TPSA) is 20.2 Å². The fourth-order valence-corrected chi connectivity index (χ4v) is 6.77. The number of aliphatic hydroxyl groups excluding tert-OH is 1. The van der Waals surface area contributed by atoms with Crippen LogP contribution in [0.1, 0.15) is 44.9 Å². The van der Waals surface area contributed by atoms with Gasteiger partial charge in [0.2, 0.25) is 0 Å². The van der Waals surface area contributed by atoms with E-state index in [2.05, 4.69) is 0 Å². The third kappa shape index (κ3) is 2.49. The first-order chi connectivity index (χ1) is 6.92. The van der Waals surface area contributed by atoms with Gasteiger partial charge in [-0.3, -0.25) is 0 Å². The molecule has 0 aromatic heterocycles. The van der Waals surface area contributed by atoms with Crippen LogP contribution in [0.4, 0.5) is 0 Å². The zero-order chi connectivity index (χ0) is 9.80. The minimum atomic E-state index is 0.398. The van der Waals surface area contributed by atoms with Gasteiger partial charge in [0.1, 0.15) is 0 Å². The van der Waals surface area contributed by atoms with Gasteiger partial charge in [-0.2, -0.15) is 0 Å². The molecule has 2 fully saturated rings. The van der Waals surface area contributed by atoms with E-state index in [1.807, 2.05) is 0 Å². The largest absolute Gasteiger partial charge is 0.396 e. The summed E-state index contributed by atoms with van der Waals surface area (Å²) in [5.74, 6) is 1.09. The predicted molar refractivity (Wildman–Crippen MR) is 63.3 cm³/mol. The van der Waals surface area contributed by atoms with E-state index < -0.39 is 0 Å². The fraction of sp³-hybridized carbons (Fsp3) is 1.00. The Kier molecular flexibility index (Phi) is 4.25. The van der Waals surface area contributed by atoms with Gasteiger partial charge in [-0.05, 0) is 62.4 Å². The molecule has 2 heterocycles. The number of fused-ring (bicyclic) bond motifs is 2. The first-order valence-electron chi connectivity index (χ1n) is 6.26. The minimum Gasteiger partial charge on any atom is -0.396 e. The fourth-order valence-electron chi connectivity index (χ4n) is 3.27. The normalized spacial score (nSPS) is 37.1. The van der Waals surface area contributed by atoms with Crippen LogP contribution in [0, 0.1) is 5.92 Å². The van der Waals surface area contributed by atoms with Crippen LogP contribution in [0.15, 0.2) is 0 Å². The third-order valence-corrected chi connectivity index (χ3v) is 7.36. The number of hydrogen-bond donors (Lipinski definition) is 1. The van der Waals surface area contributed by atoms with Gasteiger partial charge < -0.3 is 5.11 Å². The van der Waals surface area contributed by atoms with Crippen molar-refractivity contribution in [1.82, 2.24) is 0 Å². The van der Waals surface area contributed by atoms with Crippen molar-refractivity contribution < 1.29 is 5.11 Å². The number of unbranched alkanes of at least 4 members (excludes halogenated alkanes) is 1. The summed E-state index contributed by atoms with van der Waals surface area (Å²) in [6, 6.07) is 0. The van der Waals surface area contributed by atoms with E-state index in [0.717, 1.165) is 18.0 Å². The maximum atomic E-state index is 8.80. The van der Waals surface area contributed by atoms with Crippen molar-refractivity contribution in [3.8, 4) is 0 Å². The van der Waals surface area contributed by atoms with Crippen molar-refractivity contribution in [2.24, 2.45) is 5.92 Å². The lowest BCUT2D eigenvalue weighted by Crippen LogP contribution is -2.30. The lowest BCUT2D eigenvalue weighted by Gasteiger charge is -2.43. The highest BCUT2D eigenvalue weighted by Gasteiger charge is 2.34. The van der Waals surface area contributed by atoms with Gasteiger partial charge in [-0.15, -0.1) is 7.92 Å². The van der Waals surface area contributed by atoms with Crippen molar-refractivity contribution >= 4 is 7.92 Å². The molecule has 2 bridgehead atoms. The molecule has 2 aliphatic heterocycles. The molecule has 1 atom stereocenters. The Hall–Kier alpha value is 0.390. The lowest BCUT2D eigenvalue weighted by molar-refractivity contribution is 0.278. The maximum absolute atomic E-state index is 8.80. The van der Waals surface area contributed by atoms with Crippen LogP contribution in [0.25, 0.3) is 0 Å². The second-order valence-corrected chi connectivity index (χ2v) is 7.60. The average Bonchev–Trinajstić information content (AvgIpc) is 2.17. The molecule has 2 heteroatoms. The van der Waals surface area contributed by atoms with E-state index in [4.69, 9.17) is 5.11 Å². The summed E-state index contributed by atoms with van der Waals surface area (Å²) in [6.45, 7) is 0.398. The molecule has 0 aromatic carbocycles. The highest BCUT2D eigenvalue weighted by Crippen LogP contribution is 2.57. The number of rotatable bonds is 4. The van der Waals surface area contributed by atoms with E-state index >= 15 is 0 Å². The highest BCUT2D eigenvalue weighted by molar-refractivity contribution is 7.58. The molecule has 2 rings (SSSR count). The number of hydrogen-bond acceptors (Lipinski definition) is 1. The van der Waals surface area contributed by atoms with Gasteiger partial charge in [-0.1, -0.05) is 6.42 Å². The van der Waals surface area contributed by atoms with Crippen LogP contribution in [0.5, 0.6) is 0 Å². The molecule has 1 unspecified atom stereocenters. The molecule has 2 aliphatic rings. The summed E-state index contributed by atoms with van der Waals surface area (Å²) in [5, 5.41) is 8.80. The number of aliphatic hydroxyl groups is 1. The SMILES string of the molecule is OCCCCC1C2CCCP1CCC2. The van der Waals surface area contributed by atoms with Gasteiger partial charge in [0.05, 0.1) is 0 Å². The van der Waals surface area contributed by atoms with Crippen LogP contribution in [-0.4, -0.2) is 29.7 Å². The summed E-state index contributed by atoms with van der Waals surface area (Å²) in [6.07, 6.45) is 12.9. The Balaban J connectivity index is 1.82. The molecule has 2 saturated heterocycles. The van der Waals surface area contributed by atoms with E-state index in [0.29, 0.717) is 14.5 Å². The van der Waals surface area contributed by atoms with Crippen LogP contribution >= 0.6 is 7.92 Å². The summed E-state index contributed by atoms with van der Waals surface area (Å²) < 4.78 is 0. The highest BCUT2D eigenvalue weighted by atomic mass is 31.1. The molecule has 0 aliphatic carbocycles. The molecule has 1 N–H and O–H groups in total. The van der Waals surface area contributed by atoms with Crippen LogP contribution in [0.3, 0.4) is 0 Å². The molecule has 0 aromatic rings. The Bertz CT molecular complexity index is 150. The van der Waals surface area contributed by atoms with Crippen LogP contribution in [-0.2, 0) is 0 Å². The van der Waals surface area contributed by atoms with Crippen molar-refractivity contribution in [2.45, 2.75) is 50.6 Å². The molecule has 0 amide bonds. The van der Waals surface area contributed by atoms with Gasteiger partial charge in [0.15, 0.2) is 0 Å². The minimum absolute atomic E-state index is 0.398. The van der Waals surface area contributed by atoms with Crippen LogP contribution < -0.4 is 0 Å². The van der Waals surface area contributed by atoms with Gasteiger partial charge in [0, 0.05) is 6.61 Å². The molecule has 14 heavy (non-hydrogen) atoms. The molecule has 0 spiro atoms. The molecule has 0 radical (unpaired) electrons. The van der Waals surface area contributed by atoms with Gasteiger partial charge in [0.25, 0.3) is 0 Å². The summed E-state index contributed by atoms with van der Waals surface area (Å²) in [7, 11) is 0.416. The van der Waals surface area contributed by atoms with E-state index in [1.165, 1.54) is 38.5 Å². The van der Waals surface area contributed by atoms with E-state index in [-0.39, 0.29) is 0 Å². The smallest absolute Gasteiger partial charge is 0.0431 e. The van der Waals surface area contributed by atoms with Crippen molar-refractivity contribution in [3.63, 3.8) is 0 Å². The van der Waals surface area contributed by atoms with Crippen molar-refractivity contribution in [1.29, 1.82) is 0 Å². The summed E-state index contributed by atoms with van der Waals surface area (Å²) >= 11 is 0. The quantitative estimate of drug-likeness (QED) is 0.563. The van der Waals surface area contributed by atoms with E-state index in [1.54, 1.807) is 12.3 Å². The zero-order valence-corrected chi connectivity index (χ0v) is 10.0. The van der Waals surface area contributed by atoms with Gasteiger partial charge >= 0.3 is 0 Å². The Labute approximate surface area is 89.0 Å². The van der Waals surface area contributed by atoms with Crippen molar-refractivity contribution in [3.05, 3.63) is 0 Å². The predicted octanol–water partition coefficient (Wildman–Crippen LogP) is 3.20. The molecular formula is C12H23OP. The summed E-state index contributed by atoms with van der Waals surface area (Å²) in [5.41, 5.74) is 1.10. The Morgan fingerprint density at radius 3 is 2.36 bits per heavy atom. The second kappa shape index (κ2) is 5.47. The average molecular weight is 214 g/mol. The zero-order valence-electron chi connectivity index (χ0n) is 9.12. The molecular weight excluding hydrogens is 191 g/mol. The summed E-state index contributed by atoms with van der Waals surface area (Å²) in [4.78, 5) is 0. The first kappa shape index (κ1) is 10.9. The first-order valence-corrected chi connectivity index (χ1v) is 8.05. The van der Waals surface area contributed by atoms with Crippen molar-refractivity contribution in [2.75, 3.05) is 18.9 Å². The third-order valence-electron chi connectivity index (χ3n) is 3.96. The van der Waals surface area contributed by atoms with Gasteiger partial charge in [-0.25, -0.2) is 0 Å². The maximum Gasteiger partial charge on any atom is 0.0431 e. The Morgan fingerprint density at radius 1 is 1.07 bits per heavy atom.